The molecule has 0 spiro atoms. The number of rotatable bonds is 4. The van der Waals surface area contributed by atoms with E-state index >= 15 is 0 Å². The van der Waals surface area contributed by atoms with Crippen molar-refractivity contribution in [3.8, 4) is 0 Å². The van der Waals surface area contributed by atoms with Gasteiger partial charge in [0, 0.05) is 19.8 Å². The maximum atomic E-state index is 13.6. The molecular formula is C25H22ClN3O3. The maximum Gasteiger partial charge on any atom is 0.266 e. The van der Waals surface area contributed by atoms with Crippen molar-refractivity contribution >= 4 is 40.5 Å². The Labute approximate surface area is 191 Å². The van der Waals surface area contributed by atoms with Crippen LogP contribution in [0.5, 0.6) is 0 Å². The Morgan fingerprint density at radius 1 is 0.844 bits per heavy atom. The Hall–Kier alpha value is -3.35. The van der Waals surface area contributed by atoms with Gasteiger partial charge in [0.15, 0.2) is 6.10 Å². The molecule has 3 atom stereocenters. The fraction of sp³-hybridized carbons (Fsp3) is 0.200. The summed E-state index contributed by atoms with van der Waals surface area (Å²) >= 11 is 6.31. The number of hydrogen-bond donors (Lipinski definition) is 0. The number of imide groups is 1. The number of carbonyl (C=O) groups excluding carboxylic acids is 2. The van der Waals surface area contributed by atoms with Gasteiger partial charge < -0.3 is 4.90 Å². The van der Waals surface area contributed by atoms with Gasteiger partial charge in [-0.3, -0.25) is 14.4 Å². The van der Waals surface area contributed by atoms with E-state index in [1.54, 1.807) is 29.3 Å². The number of hydroxylamine groups is 1. The van der Waals surface area contributed by atoms with Gasteiger partial charge >= 0.3 is 0 Å². The highest BCUT2D eigenvalue weighted by molar-refractivity contribution is 6.36. The van der Waals surface area contributed by atoms with Crippen molar-refractivity contribution in [1.29, 1.82) is 0 Å². The Balaban J connectivity index is 1.58. The number of fused-ring (bicyclic) bond motifs is 1. The van der Waals surface area contributed by atoms with Crippen molar-refractivity contribution in [2.24, 2.45) is 5.92 Å². The second kappa shape index (κ2) is 7.97. The zero-order valence-corrected chi connectivity index (χ0v) is 18.4. The van der Waals surface area contributed by atoms with Crippen molar-refractivity contribution < 1.29 is 14.4 Å². The fourth-order valence-corrected chi connectivity index (χ4v) is 4.61. The second-order valence-corrected chi connectivity index (χ2v) is 8.51. The van der Waals surface area contributed by atoms with Crippen LogP contribution in [0.3, 0.4) is 0 Å². The quantitative estimate of drug-likeness (QED) is 0.553. The Bertz CT molecular complexity index is 1170. The Morgan fingerprint density at radius 2 is 1.50 bits per heavy atom. The first-order chi connectivity index (χ1) is 15.5. The van der Waals surface area contributed by atoms with Crippen molar-refractivity contribution in [1.82, 2.24) is 0 Å². The van der Waals surface area contributed by atoms with E-state index < -0.39 is 24.0 Å². The van der Waals surface area contributed by atoms with E-state index in [2.05, 4.69) is 0 Å². The zero-order chi connectivity index (χ0) is 22.4. The van der Waals surface area contributed by atoms with Crippen LogP contribution in [0.25, 0.3) is 0 Å². The van der Waals surface area contributed by atoms with E-state index in [9.17, 15) is 9.59 Å². The first kappa shape index (κ1) is 20.5. The van der Waals surface area contributed by atoms with Crippen LogP contribution in [0, 0.1) is 5.92 Å². The molecule has 0 saturated carbocycles. The molecule has 0 bridgehead atoms. The van der Waals surface area contributed by atoms with E-state index in [-0.39, 0.29) is 5.91 Å². The molecule has 5 rings (SSSR count). The fourth-order valence-electron chi connectivity index (χ4n) is 4.39. The normalized spacial score (nSPS) is 22.4. The minimum absolute atomic E-state index is 0.312. The topological polar surface area (TPSA) is 53.1 Å². The third-order valence-electron chi connectivity index (χ3n) is 5.97. The lowest BCUT2D eigenvalue weighted by Gasteiger charge is -2.29. The van der Waals surface area contributed by atoms with Gasteiger partial charge in [-0.1, -0.05) is 54.1 Å². The van der Waals surface area contributed by atoms with Crippen LogP contribution in [0.1, 0.15) is 11.6 Å². The highest BCUT2D eigenvalue weighted by atomic mass is 35.5. The molecule has 0 unspecified atom stereocenters. The zero-order valence-electron chi connectivity index (χ0n) is 17.7. The molecule has 6 nitrogen and oxygen atoms in total. The molecule has 0 N–H and O–H groups in total. The highest BCUT2D eigenvalue weighted by Crippen LogP contribution is 2.48. The van der Waals surface area contributed by atoms with E-state index in [1.807, 2.05) is 73.6 Å². The monoisotopic (exact) mass is 447 g/mol. The molecular weight excluding hydrogens is 426 g/mol. The summed E-state index contributed by atoms with van der Waals surface area (Å²) in [6.45, 7) is 0. The molecule has 0 radical (unpaired) electrons. The van der Waals surface area contributed by atoms with Gasteiger partial charge in [-0.15, -0.1) is 0 Å². The van der Waals surface area contributed by atoms with Gasteiger partial charge in [0.25, 0.3) is 5.91 Å². The van der Waals surface area contributed by atoms with Crippen LogP contribution in [0.2, 0.25) is 5.02 Å². The predicted octanol–water partition coefficient (Wildman–Crippen LogP) is 4.46. The van der Waals surface area contributed by atoms with Crippen LogP contribution < -0.4 is 14.9 Å². The molecule has 2 fully saturated rings. The molecule has 0 aliphatic carbocycles. The first-order valence-corrected chi connectivity index (χ1v) is 10.8. The number of halogens is 1. The summed E-state index contributed by atoms with van der Waals surface area (Å²) in [5, 5.41) is 2.04. The van der Waals surface area contributed by atoms with E-state index in [1.165, 1.54) is 4.90 Å². The Kier molecular flexibility index (Phi) is 5.12. The number of para-hydroxylation sites is 2. The van der Waals surface area contributed by atoms with Gasteiger partial charge in [0.1, 0.15) is 5.92 Å². The average molecular weight is 448 g/mol. The molecule has 0 aromatic heterocycles. The number of carbonyl (C=O) groups is 2. The summed E-state index contributed by atoms with van der Waals surface area (Å²) < 4.78 is 0. The van der Waals surface area contributed by atoms with E-state index in [0.717, 1.165) is 16.9 Å². The minimum Gasteiger partial charge on any atom is -0.378 e. The number of anilines is 3. The number of hydrogen-bond acceptors (Lipinski definition) is 5. The lowest BCUT2D eigenvalue weighted by Crippen LogP contribution is -2.37. The number of nitrogens with zero attached hydrogens (tertiary/aromatic N) is 3. The van der Waals surface area contributed by atoms with Crippen LogP contribution >= 0.6 is 11.6 Å². The average Bonchev–Trinajstić information content (AvgIpc) is 3.31. The number of benzene rings is 3. The highest BCUT2D eigenvalue weighted by Gasteiger charge is 2.60. The summed E-state index contributed by atoms with van der Waals surface area (Å²) in [5.74, 6) is -1.40. The van der Waals surface area contributed by atoms with Crippen molar-refractivity contribution in [2.45, 2.75) is 12.1 Å². The van der Waals surface area contributed by atoms with Crippen LogP contribution in [0.4, 0.5) is 17.1 Å². The van der Waals surface area contributed by atoms with Crippen molar-refractivity contribution in [3.05, 3.63) is 89.4 Å². The van der Waals surface area contributed by atoms with E-state index in [4.69, 9.17) is 16.4 Å². The Morgan fingerprint density at radius 3 is 2.16 bits per heavy atom. The molecule has 2 saturated heterocycles. The molecule has 3 aromatic carbocycles. The third kappa shape index (κ3) is 3.23. The summed E-state index contributed by atoms with van der Waals surface area (Å²) in [6.07, 6.45) is -0.919. The minimum atomic E-state index is -0.919. The summed E-state index contributed by atoms with van der Waals surface area (Å²) in [7, 11) is 3.95. The molecule has 2 amide bonds. The maximum absolute atomic E-state index is 13.6. The van der Waals surface area contributed by atoms with Crippen LogP contribution in [-0.2, 0) is 14.4 Å². The summed E-state index contributed by atoms with van der Waals surface area (Å²) in [5.41, 5.74) is 3.11. The SMILES string of the molecule is CN(C)c1ccc([C@H]2[C@H]3C(=O)N(c4ccccc4Cl)C(=O)[C@@H]3ON2c2ccccc2)cc1. The molecule has 3 aromatic rings. The second-order valence-electron chi connectivity index (χ2n) is 8.11. The van der Waals surface area contributed by atoms with E-state index in [0.29, 0.717) is 10.7 Å². The van der Waals surface area contributed by atoms with Gasteiger partial charge in [-0.2, -0.15) is 0 Å². The molecule has 7 heteroatoms. The molecule has 2 heterocycles. The van der Waals surface area contributed by atoms with Gasteiger partial charge in [0.05, 0.1) is 22.4 Å². The van der Waals surface area contributed by atoms with Gasteiger partial charge in [-0.25, -0.2) is 9.96 Å². The molecule has 2 aliphatic rings. The predicted molar refractivity (Wildman–Crippen MR) is 125 cm³/mol. The van der Waals surface area contributed by atoms with Crippen LogP contribution in [-0.4, -0.2) is 32.0 Å². The third-order valence-corrected chi connectivity index (χ3v) is 6.29. The lowest BCUT2D eigenvalue weighted by atomic mass is 9.90. The number of amides is 2. The van der Waals surface area contributed by atoms with Gasteiger partial charge in [0.2, 0.25) is 5.91 Å². The smallest absolute Gasteiger partial charge is 0.266 e. The van der Waals surface area contributed by atoms with Gasteiger partial charge in [-0.05, 0) is 42.0 Å². The molecule has 32 heavy (non-hydrogen) atoms. The standard InChI is InChI=1S/C25H22ClN3O3/c1-27(2)17-14-12-16(13-15-17)22-21-23(32-29(22)18-8-4-3-5-9-18)25(31)28(24(21)30)20-11-7-6-10-19(20)26/h3-15,21-23H,1-2H3/t21-,22+,23-/m1/s1. The molecule has 2 aliphatic heterocycles. The van der Waals surface area contributed by atoms with Crippen molar-refractivity contribution in [3.63, 3.8) is 0 Å². The molecule has 162 valence electrons. The lowest BCUT2D eigenvalue weighted by molar-refractivity contribution is -0.126. The van der Waals surface area contributed by atoms with Crippen LogP contribution in [0.15, 0.2) is 78.9 Å². The summed E-state index contributed by atoms with van der Waals surface area (Å²) in [6, 6.07) is 23.9. The first-order valence-electron chi connectivity index (χ1n) is 10.4. The largest absolute Gasteiger partial charge is 0.378 e. The van der Waals surface area contributed by atoms with Crippen molar-refractivity contribution in [2.75, 3.05) is 29.0 Å². The summed E-state index contributed by atoms with van der Waals surface area (Å²) in [4.78, 5) is 36.3.